The van der Waals surface area contributed by atoms with Crippen molar-refractivity contribution in [2.24, 2.45) is 0 Å². The van der Waals surface area contributed by atoms with Crippen molar-refractivity contribution in [3.63, 3.8) is 0 Å². The van der Waals surface area contributed by atoms with E-state index in [1.165, 1.54) is 57.8 Å². The van der Waals surface area contributed by atoms with E-state index in [9.17, 15) is 4.79 Å². The van der Waals surface area contributed by atoms with Gasteiger partial charge in [0, 0.05) is 6.08 Å². The first-order valence-corrected chi connectivity index (χ1v) is 10.3. The number of rotatable bonds is 14. The Balaban J connectivity index is 2.11. The van der Waals surface area contributed by atoms with Crippen LogP contribution in [0, 0.1) is 0 Å². The molecule has 0 aromatic heterocycles. The molecule has 3 nitrogen and oxygen atoms in total. The molecule has 0 radical (unpaired) electrons. The minimum atomic E-state index is -0.947. The molecular weight excluding hydrogens is 380 g/mol. The van der Waals surface area contributed by atoms with Crippen LogP contribution in [0.4, 0.5) is 0 Å². The highest BCUT2D eigenvalue weighted by Gasteiger charge is 2.02. The van der Waals surface area contributed by atoms with E-state index in [0.29, 0.717) is 0 Å². The van der Waals surface area contributed by atoms with Gasteiger partial charge in [-0.05, 0) is 46.1 Å². The number of halogens is 1. The van der Waals surface area contributed by atoms with Gasteiger partial charge in [0.1, 0.15) is 5.75 Å². The SMILES string of the molecule is CCCCCCCCCCCCOc1ccc(C=CC(=O)O)cc1Br. The summed E-state index contributed by atoms with van der Waals surface area (Å²) in [6.45, 7) is 2.98. The third-order valence-corrected chi connectivity index (χ3v) is 4.75. The highest BCUT2D eigenvalue weighted by molar-refractivity contribution is 9.10. The number of unbranched alkanes of at least 4 members (excludes halogenated alkanes) is 9. The molecule has 25 heavy (non-hydrogen) atoms. The zero-order chi connectivity index (χ0) is 18.3. The molecule has 0 fully saturated rings. The Hall–Kier alpha value is -1.29. The highest BCUT2D eigenvalue weighted by Crippen LogP contribution is 2.26. The van der Waals surface area contributed by atoms with Crippen LogP contribution in [0.15, 0.2) is 28.7 Å². The number of hydrogen-bond donors (Lipinski definition) is 1. The lowest BCUT2D eigenvalue weighted by Gasteiger charge is -2.09. The van der Waals surface area contributed by atoms with Gasteiger partial charge in [0.05, 0.1) is 11.1 Å². The number of carboxylic acid groups (broad SMARTS) is 1. The largest absolute Gasteiger partial charge is 0.492 e. The Morgan fingerprint density at radius 2 is 1.64 bits per heavy atom. The predicted octanol–water partition coefficient (Wildman–Crippen LogP) is 6.85. The molecule has 0 saturated carbocycles. The van der Waals surface area contributed by atoms with E-state index in [2.05, 4.69) is 22.9 Å². The van der Waals surface area contributed by atoms with Gasteiger partial charge < -0.3 is 9.84 Å². The summed E-state index contributed by atoms with van der Waals surface area (Å²) in [5.74, 6) is -0.138. The summed E-state index contributed by atoms with van der Waals surface area (Å²) >= 11 is 3.48. The Morgan fingerprint density at radius 1 is 1.04 bits per heavy atom. The van der Waals surface area contributed by atoms with Crippen molar-refractivity contribution in [3.05, 3.63) is 34.3 Å². The molecule has 1 N–H and O–H groups in total. The Labute approximate surface area is 160 Å². The van der Waals surface area contributed by atoms with Crippen molar-refractivity contribution in [1.29, 1.82) is 0 Å². The van der Waals surface area contributed by atoms with Crippen LogP contribution in [0.3, 0.4) is 0 Å². The van der Waals surface area contributed by atoms with Gasteiger partial charge in [0.25, 0.3) is 0 Å². The fourth-order valence-corrected chi connectivity index (χ4v) is 3.19. The van der Waals surface area contributed by atoms with E-state index in [0.717, 1.165) is 34.9 Å². The van der Waals surface area contributed by atoms with Crippen molar-refractivity contribution in [2.45, 2.75) is 71.1 Å². The van der Waals surface area contributed by atoms with Crippen molar-refractivity contribution >= 4 is 28.0 Å². The predicted molar refractivity (Wildman–Crippen MR) is 108 cm³/mol. The summed E-state index contributed by atoms with van der Waals surface area (Å²) < 4.78 is 6.66. The molecular formula is C21H31BrO3. The van der Waals surface area contributed by atoms with E-state index in [4.69, 9.17) is 9.84 Å². The molecule has 0 saturated heterocycles. The fourth-order valence-electron chi connectivity index (χ4n) is 2.68. The van der Waals surface area contributed by atoms with E-state index < -0.39 is 5.97 Å². The molecule has 1 aromatic rings. The summed E-state index contributed by atoms with van der Waals surface area (Å²) in [6, 6.07) is 5.60. The van der Waals surface area contributed by atoms with Gasteiger partial charge in [0.2, 0.25) is 0 Å². The zero-order valence-corrected chi connectivity index (χ0v) is 16.9. The van der Waals surface area contributed by atoms with Crippen molar-refractivity contribution < 1.29 is 14.6 Å². The molecule has 4 heteroatoms. The average molecular weight is 411 g/mol. The summed E-state index contributed by atoms with van der Waals surface area (Å²) in [5, 5.41) is 8.64. The molecule has 0 aliphatic rings. The number of ether oxygens (including phenoxy) is 1. The van der Waals surface area contributed by atoms with Crippen LogP contribution in [-0.2, 0) is 4.79 Å². The fraction of sp³-hybridized carbons (Fsp3) is 0.571. The molecule has 0 spiro atoms. The molecule has 0 unspecified atom stereocenters. The quantitative estimate of drug-likeness (QED) is 0.269. The molecule has 140 valence electrons. The second kappa shape index (κ2) is 13.9. The highest BCUT2D eigenvalue weighted by atomic mass is 79.9. The average Bonchev–Trinajstić information content (AvgIpc) is 2.59. The number of hydrogen-bond acceptors (Lipinski definition) is 2. The second-order valence-electron chi connectivity index (χ2n) is 6.39. The number of aliphatic carboxylic acids is 1. The van der Waals surface area contributed by atoms with Gasteiger partial charge in [-0.3, -0.25) is 0 Å². The molecule has 0 aliphatic heterocycles. The monoisotopic (exact) mass is 410 g/mol. The molecule has 0 heterocycles. The van der Waals surface area contributed by atoms with Crippen LogP contribution in [0.5, 0.6) is 5.75 Å². The maximum Gasteiger partial charge on any atom is 0.328 e. The summed E-state index contributed by atoms with van der Waals surface area (Å²) in [6.07, 6.45) is 15.8. The maximum absolute atomic E-state index is 10.5. The van der Waals surface area contributed by atoms with Crippen molar-refractivity contribution in [3.8, 4) is 5.75 Å². The van der Waals surface area contributed by atoms with Gasteiger partial charge >= 0.3 is 5.97 Å². The third kappa shape index (κ3) is 11.0. The maximum atomic E-state index is 10.5. The third-order valence-electron chi connectivity index (χ3n) is 4.13. The van der Waals surface area contributed by atoms with Crippen LogP contribution in [0.2, 0.25) is 0 Å². The Bertz CT molecular complexity index is 526. The van der Waals surface area contributed by atoms with Gasteiger partial charge in [-0.15, -0.1) is 0 Å². The first-order valence-electron chi connectivity index (χ1n) is 9.47. The Kier molecular flexibility index (Phi) is 12.1. The standard InChI is InChI=1S/C21H31BrO3/c1-2-3-4-5-6-7-8-9-10-11-16-25-20-14-12-18(17-19(20)22)13-15-21(23)24/h12-15,17H,2-11,16H2,1H3,(H,23,24). The van der Waals surface area contributed by atoms with E-state index >= 15 is 0 Å². The van der Waals surface area contributed by atoms with Crippen LogP contribution in [0.1, 0.15) is 76.7 Å². The van der Waals surface area contributed by atoms with Gasteiger partial charge in [-0.2, -0.15) is 0 Å². The van der Waals surface area contributed by atoms with Gasteiger partial charge in [-0.1, -0.05) is 70.8 Å². The zero-order valence-electron chi connectivity index (χ0n) is 15.3. The van der Waals surface area contributed by atoms with E-state index in [1.807, 2.05) is 18.2 Å². The van der Waals surface area contributed by atoms with Crippen LogP contribution in [0.25, 0.3) is 6.08 Å². The first-order chi connectivity index (χ1) is 12.1. The summed E-state index contributed by atoms with van der Waals surface area (Å²) in [4.78, 5) is 10.5. The molecule has 0 atom stereocenters. The lowest BCUT2D eigenvalue weighted by Crippen LogP contribution is -1.98. The van der Waals surface area contributed by atoms with Crippen LogP contribution < -0.4 is 4.74 Å². The first kappa shape index (κ1) is 21.8. The molecule has 0 amide bonds. The van der Waals surface area contributed by atoms with Gasteiger partial charge in [-0.25, -0.2) is 4.79 Å². The summed E-state index contributed by atoms with van der Waals surface area (Å²) in [5.41, 5.74) is 0.834. The molecule has 0 aliphatic carbocycles. The minimum Gasteiger partial charge on any atom is -0.492 e. The topological polar surface area (TPSA) is 46.5 Å². The van der Waals surface area contributed by atoms with Crippen molar-refractivity contribution in [2.75, 3.05) is 6.61 Å². The van der Waals surface area contributed by atoms with Crippen LogP contribution in [-0.4, -0.2) is 17.7 Å². The van der Waals surface area contributed by atoms with Crippen LogP contribution >= 0.6 is 15.9 Å². The Morgan fingerprint density at radius 3 is 2.20 bits per heavy atom. The molecule has 0 bridgehead atoms. The lowest BCUT2D eigenvalue weighted by molar-refractivity contribution is -0.131. The van der Waals surface area contributed by atoms with Gasteiger partial charge in [0.15, 0.2) is 0 Å². The summed E-state index contributed by atoms with van der Waals surface area (Å²) in [7, 11) is 0. The van der Waals surface area contributed by atoms with E-state index in [1.54, 1.807) is 6.08 Å². The minimum absolute atomic E-state index is 0.722. The number of carbonyl (C=O) groups is 1. The lowest BCUT2D eigenvalue weighted by atomic mass is 10.1. The second-order valence-corrected chi connectivity index (χ2v) is 7.25. The smallest absolute Gasteiger partial charge is 0.328 e. The normalized spacial score (nSPS) is 11.1. The van der Waals surface area contributed by atoms with Crippen molar-refractivity contribution in [1.82, 2.24) is 0 Å². The number of benzene rings is 1. The van der Waals surface area contributed by atoms with E-state index in [-0.39, 0.29) is 0 Å². The number of carboxylic acids is 1. The molecule has 1 aromatic carbocycles. The molecule has 1 rings (SSSR count).